The summed E-state index contributed by atoms with van der Waals surface area (Å²) in [4.78, 5) is 19.6. The van der Waals surface area contributed by atoms with Crippen LogP contribution in [0.4, 0.5) is 4.39 Å². The Bertz CT molecular complexity index is 740. The lowest BCUT2D eigenvalue weighted by Gasteiger charge is -2.47. The number of rotatable bonds is 6. The van der Waals surface area contributed by atoms with Gasteiger partial charge in [-0.3, -0.25) is 4.79 Å². The van der Waals surface area contributed by atoms with Crippen molar-refractivity contribution in [2.24, 2.45) is 17.8 Å². The van der Waals surface area contributed by atoms with Crippen molar-refractivity contribution >= 4 is 5.91 Å². The maximum absolute atomic E-state index is 13.4. The van der Waals surface area contributed by atoms with Crippen LogP contribution in [0, 0.1) is 17.8 Å². The molecule has 0 bridgehead atoms. The van der Waals surface area contributed by atoms with E-state index in [4.69, 9.17) is 9.57 Å². The van der Waals surface area contributed by atoms with Crippen LogP contribution in [0.25, 0.3) is 0 Å². The normalized spacial score (nSPS) is 32.2. The van der Waals surface area contributed by atoms with Crippen LogP contribution >= 0.6 is 0 Å². The van der Waals surface area contributed by atoms with Crippen molar-refractivity contribution in [2.45, 2.75) is 64.7 Å². The molecule has 0 radical (unpaired) electrons. The van der Waals surface area contributed by atoms with Crippen molar-refractivity contribution in [3.05, 3.63) is 48.7 Å². The van der Waals surface area contributed by atoms with E-state index in [9.17, 15) is 14.3 Å². The summed E-state index contributed by atoms with van der Waals surface area (Å²) < 4.78 is 19.5. The van der Waals surface area contributed by atoms with Crippen LogP contribution in [0.1, 0.15) is 47.0 Å². The zero-order chi connectivity index (χ0) is 21.9. The van der Waals surface area contributed by atoms with Gasteiger partial charge >= 0.3 is 0 Å². The van der Waals surface area contributed by atoms with Gasteiger partial charge in [0.2, 0.25) is 5.91 Å². The number of fused-ring (bicyclic) bond motifs is 1. The van der Waals surface area contributed by atoms with Crippen molar-refractivity contribution in [1.82, 2.24) is 10.4 Å². The summed E-state index contributed by atoms with van der Waals surface area (Å²) in [6.45, 7) is 7.79. The number of carbonyl (C=O) groups excluding carboxylic acids is 1. The molecule has 7 heteroatoms. The summed E-state index contributed by atoms with van der Waals surface area (Å²) in [5.41, 5.74) is 3.17. The van der Waals surface area contributed by atoms with E-state index in [1.807, 2.05) is 20.0 Å². The summed E-state index contributed by atoms with van der Waals surface area (Å²) in [5, 5.41) is 10.7. The molecule has 1 amide bonds. The minimum atomic E-state index is -0.824. The fraction of sp³-hybridized carbons (Fsp3) is 0.625. The Balaban J connectivity index is 0.00000341. The van der Waals surface area contributed by atoms with Gasteiger partial charge in [0.05, 0.1) is 12.2 Å². The average molecular weight is 437 g/mol. The third-order valence-corrected chi connectivity index (χ3v) is 6.53. The van der Waals surface area contributed by atoms with E-state index < -0.39 is 11.6 Å². The molecule has 0 aromatic carbocycles. The number of nitrogens with one attached hydrogen (secondary N) is 1. The largest absolute Gasteiger partial charge is 0.487 e. The molecule has 2 heterocycles. The number of halogens is 1. The molecule has 31 heavy (non-hydrogen) atoms. The first-order chi connectivity index (χ1) is 14.3. The number of allylic oxidation sites excluding steroid dienone is 3. The lowest BCUT2D eigenvalue weighted by Crippen LogP contribution is -2.56. The molecule has 1 saturated heterocycles. The van der Waals surface area contributed by atoms with Crippen molar-refractivity contribution in [2.75, 3.05) is 13.7 Å². The second kappa shape index (κ2) is 10.6. The minimum Gasteiger partial charge on any atom is -0.487 e. The van der Waals surface area contributed by atoms with E-state index >= 15 is 0 Å². The number of nitrogens with zero attached hydrogens (tertiary/aromatic N) is 1. The first-order valence-electron chi connectivity index (χ1n) is 10.6. The Kier molecular flexibility index (Phi) is 8.63. The Morgan fingerprint density at radius 2 is 2.13 bits per heavy atom. The number of hydrogen-bond acceptors (Lipinski definition) is 5. The number of carbonyl (C=O) groups is 1. The van der Waals surface area contributed by atoms with Gasteiger partial charge in [0.1, 0.15) is 24.2 Å². The molecule has 0 aromatic rings. The van der Waals surface area contributed by atoms with E-state index in [1.165, 1.54) is 0 Å². The van der Waals surface area contributed by atoms with Gasteiger partial charge in [0, 0.05) is 25.1 Å². The second-order valence-corrected chi connectivity index (χ2v) is 8.95. The molecular weight excluding hydrogens is 399 g/mol. The van der Waals surface area contributed by atoms with Crippen LogP contribution in [-0.4, -0.2) is 47.3 Å². The highest BCUT2D eigenvalue weighted by atomic mass is 19.1. The zero-order valence-electron chi connectivity index (χ0n) is 18.0. The highest BCUT2D eigenvalue weighted by Crippen LogP contribution is 2.45. The molecule has 174 valence electrons. The molecular formula is C24H37FN2O4. The van der Waals surface area contributed by atoms with E-state index in [-0.39, 0.29) is 43.0 Å². The van der Waals surface area contributed by atoms with E-state index in [1.54, 1.807) is 30.2 Å². The summed E-state index contributed by atoms with van der Waals surface area (Å²) in [7, 11) is 1.74. The maximum atomic E-state index is 13.4. The van der Waals surface area contributed by atoms with Gasteiger partial charge in [0.15, 0.2) is 0 Å². The minimum absolute atomic E-state index is 0. The number of hydroxylamine groups is 1. The van der Waals surface area contributed by atoms with E-state index in [2.05, 4.69) is 12.1 Å². The zero-order valence-corrected chi connectivity index (χ0v) is 18.0. The number of hydrogen-bond donors (Lipinski definition) is 2. The molecule has 6 nitrogen and oxygen atoms in total. The van der Waals surface area contributed by atoms with Gasteiger partial charge in [-0.1, -0.05) is 26.2 Å². The van der Waals surface area contributed by atoms with Crippen LogP contribution in [0.3, 0.4) is 0 Å². The van der Waals surface area contributed by atoms with Gasteiger partial charge in [-0.15, -0.1) is 0 Å². The predicted molar refractivity (Wildman–Crippen MR) is 119 cm³/mol. The monoisotopic (exact) mass is 436 g/mol. The van der Waals surface area contributed by atoms with Gasteiger partial charge in [-0.25, -0.2) is 4.39 Å². The number of amides is 1. The first-order valence-corrected chi connectivity index (χ1v) is 10.6. The van der Waals surface area contributed by atoms with Crippen LogP contribution < -0.4 is 5.48 Å². The van der Waals surface area contributed by atoms with Crippen LogP contribution in [-0.2, 0) is 14.4 Å². The van der Waals surface area contributed by atoms with Crippen molar-refractivity contribution in [3.8, 4) is 0 Å². The third kappa shape index (κ3) is 5.64. The topological polar surface area (TPSA) is 71.0 Å². The standard InChI is InChI=1S/C23H33FN2O4.CH4/c1-5-6-7-16(13-24)30-20-9-8-15(23(2,3)28)12-18(20)19-14-26(4)22(27)21-17(19)10-11-29-25-21;/h5-7,13-15,17-18,20-21,25,28H,1,8-12H2,2-4H3;1H4/b7-6-,16-13-;. The Morgan fingerprint density at radius 3 is 2.77 bits per heavy atom. The van der Waals surface area contributed by atoms with Crippen LogP contribution in [0.5, 0.6) is 0 Å². The average Bonchev–Trinajstić information content (AvgIpc) is 2.73. The summed E-state index contributed by atoms with van der Waals surface area (Å²) >= 11 is 0. The SMILES string of the molecule is C.C=C/C=C\C(=C\F)OC1CCC(C(C)(C)O)CC1C1=CN(C)C(=O)C2NOCCC12. The fourth-order valence-corrected chi connectivity index (χ4v) is 4.85. The molecule has 0 aromatic heterocycles. The van der Waals surface area contributed by atoms with Crippen LogP contribution in [0.15, 0.2) is 48.7 Å². The van der Waals surface area contributed by atoms with Crippen molar-refractivity contribution in [1.29, 1.82) is 0 Å². The Morgan fingerprint density at radius 1 is 1.39 bits per heavy atom. The van der Waals surface area contributed by atoms with Gasteiger partial charge in [0.25, 0.3) is 0 Å². The molecule has 5 unspecified atom stereocenters. The summed E-state index contributed by atoms with van der Waals surface area (Å²) in [6, 6.07) is -0.441. The summed E-state index contributed by atoms with van der Waals surface area (Å²) in [6.07, 6.45) is 9.77. The molecule has 0 spiro atoms. The molecule has 1 saturated carbocycles. The first kappa shape index (κ1) is 25.3. The molecule has 5 atom stereocenters. The second-order valence-electron chi connectivity index (χ2n) is 8.95. The van der Waals surface area contributed by atoms with Gasteiger partial charge in [-0.05, 0) is 57.1 Å². The molecule has 3 aliphatic rings. The Labute approximate surface area is 185 Å². The smallest absolute Gasteiger partial charge is 0.246 e. The van der Waals surface area contributed by atoms with Crippen molar-refractivity contribution < 1.29 is 23.9 Å². The fourth-order valence-electron chi connectivity index (χ4n) is 4.85. The molecule has 1 aliphatic carbocycles. The van der Waals surface area contributed by atoms with Gasteiger partial charge in [-0.2, -0.15) is 5.48 Å². The van der Waals surface area contributed by atoms with E-state index in [0.29, 0.717) is 25.8 Å². The highest BCUT2D eigenvalue weighted by Gasteiger charge is 2.46. The third-order valence-electron chi connectivity index (χ3n) is 6.53. The lowest BCUT2D eigenvalue weighted by atomic mass is 9.66. The molecule has 2 N–H and O–H groups in total. The number of aliphatic hydroxyl groups is 1. The molecule has 2 fully saturated rings. The van der Waals surface area contributed by atoms with Crippen LogP contribution in [0.2, 0.25) is 0 Å². The van der Waals surface area contributed by atoms with Crippen molar-refractivity contribution in [3.63, 3.8) is 0 Å². The quantitative estimate of drug-likeness (QED) is 0.486. The summed E-state index contributed by atoms with van der Waals surface area (Å²) in [5.74, 6) is 0.132. The van der Waals surface area contributed by atoms with Gasteiger partial charge < -0.3 is 19.6 Å². The van der Waals surface area contributed by atoms with E-state index in [0.717, 1.165) is 18.4 Å². The molecule has 3 rings (SSSR count). The molecule has 2 aliphatic heterocycles. The predicted octanol–water partition coefficient (Wildman–Crippen LogP) is 4.01. The number of likely N-dealkylation sites (N-methyl/N-ethyl adjacent to an activating group) is 1. The lowest BCUT2D eigenvalue weighted by molar-refractivity contribution is -0.143. The Hall–Kier alpha value is -1.96. The number of ether oxygens (including phenoxy) is 1. The highest BCUT2D eigenvalue weighted by molar-refractivity contribution is 5.84. The maximum Gasteiger partial charge on any atom is 0.246 e.